The largest absolute Gasteiger partial charge is 0.487 e. The van der Waals surface area contributed by atoms with Crippen LogP contribution in [-0.4, -0.2) is 26.3 Å². The van der Waals surface area contributed by atoms with Crippen LogP contribution in [0.15, 0.2) is 36.4 Å². The molecule has 3 rings (SSSR count). The number of fused-ring (bicyclic) bond motifs is 1. The summed E-state index contributed by atoms with van der Waals surface area (Å²) in [6, 6.07) is 5.95. The van der Waals surface area contributed by atoms with Crippen molar-refractivity contribution in [2.75, 3.05) is 11.0 Å². The van der Waals surface area contributed by atoms with Crippen LogP contribution in [-0.2, 0) is 22.7 Å². The molecular formula is C21H23F4N3O4S. The van der Waals surface area contributed by atoms with Gasteiger partial charge in [-0.05, 0) is 37.6 Å². The molecule has 1 heterocycles. The predicted octanol–water partition coefficient (Wildman–Crippen LogP) is 4.32. The SMILES string of the molecule is CC1(C)C[C@@H](NC(=O)NCc2ccc(NS(C)(=O)=O)c(F)c2)c2cccc(C(F)(F)F)c2O1. The summed E-state index contributed by atoms with van der Waals surface area (Å²) in [4.78, 5) is 12.5. The number of hydrogen-bond donors (Lipinski definition) is 3. The molecule has 0 unspecified atom stereocenters. The molecule has 1 aliphatic heterocycles. The van der Waals surface area contributed by atoms with E-state index in [1.807, 2.05) is 4.72 Å². The Morgan fingerprint density at radius 2 is 1.91 bits per heavy atom. The number of rotatable bonds is 5. The fourth-order valence-electron chi connectivity index (χ4n) is 3.56. The summed E-state index contributed by atoms with van der Waals surface area (Å²) in [5, 5.41) is 5.18. The third-order valence-corrected chi connectivity index (χ3v) is 5.48. The number of carbonyl (C=O) groups is 1. The van der Waals surface area contributed by atoms with E-state index in [1.54, 1.807) is 13.8 Å². The molecule has 12 heteroatoms. The van der Waals surface area contributed by atoms with Crippen molar-refractivity contribution in [3.05, 3.63) is 58.9 Å². The Bertz CT molecular complexity index is 1170. The average molecular weight is 489 g/mol. The van der Waals surface area contributed by atoms with Gasteiger partial charge in [0.25, 0.3) is 0 Å². The minimum Gasteiger partial charge on any atom is -0.487 e. The maximum atomic E-state index is 14.1. The molecule has 3 N–H and O–H groups in total. The summed E-state index contributed by atoms with van der Waals surface area (Å²) in [6.45, 7) is 3.17. The fraction of sp³-hybridized carbons (Fsp3) is 0.381. The molecule has 2 aromatic carbocycles. The highest BCUT2D eigenvalue weighted by Gasteiger charge is 2.42. The highest BCUT2D eigenvalue weighted by molar-refractivity contribution is 7.92. The number of anilines is 1. The number of sulfonamides is 1. The maximum absolute atomic E-state index is 14.1. The minimum atomic E-state index is -4.62. The topological polar surface area (TPSA) is 96.5 Å². The van der Waals surface area contributed by atoms with E-state index in [1.165, 1.54) is 24.3 Å². The number of hydrogen-bond acceptors (Lipinski definition) is 4. The van der Waals surface area contributed by atoms with Crippen LogP contribution in [0.3, 0.4) is 0 Å². The molecule has 1 atom stereocenters. The summed E-state index contributed by atoms with van der Waals surface area (Å²) < 4.78 is 84.5. The summed E-state index contributed by atoms with van der Waals surface area (Å²) in [5.74, 6) is -1.14. The Kier molecular flexibility index (Phi) is 6.51. The first-order valence-corrected chi connectivity index (χ1v) is 11.7. The second kappa shape index (κ2) is 8.73. The predicted molar refractivity (Wildman–Crippen MR) is 114 cm³/mol. The molecule has 1 aliphatic rings. The number of ether oxygens (including phenoxy) is 1. The number of benzene rings is 2. The van der Waals surface area contributed by atoms with Crippen molar-refractivity contribution in [2.24, 2.45) is 0 Å². The van der Waals surface area contributed by atoms with E-state index in [0.717, 1.165) is 18.4 Å². The molecule has 0 spiro atoms. The molecule has 180 valence electrons. The van der Waals surface area contributed by atoms with Gasteiger partial charge in [0.05, 0.1) is 23.5 Å². The van der Waals surface area contributed by atoms with E-state index >= 15 is 0 Å². The monoisotopic (exact) mass is 489 g/mol. The molecule has 0 aliphatic carbocycles. The lowest BCUT2D eigenvalue weighted by molar-refractivity contribution is -0.140. The zero-order valence-corrected chi connectivity index (χ0v) is 18.8. The summed E-state index contributed by atoms with van der Waals surface area (Å²) >= 11 is 0. The highest BCUT2D eigenvalue weighted by Crippen LogP contribution is 2.46. The molecule has 33 heavy (non-hydrogen) atoms. The molecule has 0 radical (unpaired) electrons. The summed E-state index contributed by atoms with van der Waals surface area (Å²) in [7, 11) is -3.65. The maximum Gasteiger partial charge on any atom is 0.419 e. The summed E-state index contributed by atoms with van der Waals surface area (Å²) in [5.41, 5.74) is -1.54. The molecule has 7 nitrogen and oxygen atoms in total. The first kappa shape index (κ1) is 24.6. The number of alkyl halides is 3. The second-order valence-corrected chi connectivity index (χ2v) is 10.1. The number of amides is 2. The lowest BCUT2D eigenvalue weighted by Gasteiger charge is -2.39. The summed E-state index contributed by atoms with van der Waals surface area (Å²) in [6.07, 6.45) is -3.50. The van der Waals surface area contributed by atoms with Crippen LogP contribution in [0.4, 0.5) is 28.0 Å². The average Bonchev–Trinajstić information content (AvgIpc) is 2.65. The van der Waals surface area contributed by atoms with E-state index < -0.39 is 45.3 Å². The number of urea groups is 1. The van der Waals surface area contributed by atoms with Crippen molar-refractivity contribution < 1.29 is 35.5 Å². The minimum absolute atomic E-state index is 0.0933. The van der Waals surface area contributed by atoms with Gasteiger partial charge in [0, 0.05) is 18.5 Å². The molecule has 2 amide bonds. The van der Waals surface area contributed by atoms with Crippen molar-refractivity contribution in [3.63, 3.8) is 0 Å². The zero-order valence-electron chi connectivity index (χ0n) is 18.0. The molecule has 0 aromatic heterocycles. The molecule has 0 fully saturated rings. The van der Waals surface area contributed by atoms with Gasteiger partial charge in [-0.1, -0.05) is 18.2 Å². The van der Waals surface area contributed by atoms with Crippen LogP contribution in [0.5, 0.6) is 5.75 Å². The molecule has 0 bridgehead atoms. The fourth-order valence-corrected chi connectivity index (χ4v) is 4.12. The van der Waals surface area contributed by atoms with Crippen LogP contribution in [0, 0.1) is 5.82 Å². The lowest BCUT2D eigenvalue weighted by Crippen LogP contribution is -2.44. The molecule has 0 saturated heterocycles. The smallest absolute Gasteiger partial charge is 0.419 e. The van der Waals surface area contributed by atoms with Gasteiger partial charge in [0.2, 0.25) is 10.0 Å². The number of carbonyl (C=O) groups excluding carboxylic acids is 1. The van der Waals surface area contributed by atoms with E-state index in [9.17, 15) is 30.8 Å². The molecular weight excluding hydrogens is 466 g/mol. The van der Waals surface area contributed by atoms with E-state index in [4.69, 9.17) is 4.74 Å². The first-order chi connectivity index (χ1) is 15.1. The van der Waals surface area contributed by atoms with E-state index in [0.29, 0.717) is 5.56 Å². The van der Waals surface area contributed by atoms with Crippen molar-refractivity contribution in [3.8, 4) is 5.75 Å². The number of nitrogens with one attached hydrogen (secondary N) is 3. The van der Waals surface area contributed by atoms with Gasteiger partial charge in [0.15, 0.2) is 0 Å². The Hall–Kier alpha value is -3.02. The van der Waals surface area contributed by atoms with Crippen molar-refractivity contribution >= 4 is 21.7 Å². The van der Waals surface area contributed by atoms with Crippen molar-refractivity contribution in [1.29, 1.82) is 0 Å². The number of para-hydroxylation sites is 1. The van der Waals surface area contributed by atoms with Gasteiger partial charge in [-0.25, -0.2) is 17.6 Å². The highest BCUT2D eigenvalue weighted by atomic mass is 32.2. The van der Waals surface area contributed by atoms with Gasteiger partial charge in [-0.15, -0.1) is 0 Å². The van der Waals surface area contributed by atoms with E-state index in [2.05, 4.69) is 10.6 Å². The zero-order chi connectivity index (χ0) is 24.6. The number of halogens is 4. The van der Waals surface area contributed by atoms with Gasteiger partial charge >= 0.3 is 12.2 Å². The van der Waals surface area contributed by atoms with Gasteiger partial charge < -0.3 is 15.4 Å². The Morgan fingerprint density at radius 1 is 1.21 bits per heavy atom. The Labute approximate surface area is 188 Å². The van der Waals surface area contributed by atoms with E-state index in [-0.39, 0.29) is 30.0 Å². The van der Waals surface area contributed by atoms with Crippen LogP contribution in [0.25, 0.3) is 0 Å². The quantitative estimate of drug-likeness (QED) is 0.545. The van der Waals surface area contributed by atoms with Crippen molar-refractivity contribution in [2.45, 2.75) is 44.6 Å². The van der Waals surface area contributed by atoms with Gasteiger partial charge in [0.1, 0.15) is 17.2 Å². The molecule has 0 saturated carbocycles. The standard InChI is InChI=1S/C21H23F4N3O4S/c1-20(2)10-17(13-5-4-6-14(18(13)32-20)21(23,24)25)27-19(29)26-11-12-7-8-16(15(22)9-12)28-33(3,30)31/h4-9,17,28H,10-11H2,1-3H3,(H2,26,27,29)/t17-/m1/s1. The van der Waals surface area contributed by atoms with Crippen LogP contribution < -0.4 is 20.1 Å². The lowest BCUT2D eigenvalue weighted by atomic mass is 9.88. The third-order valence-electron chi connectivity index (χ3n) is 4.89. The Balaban J connectivity index is 1.72. The molecule has 2 aromatic rings. The van der Waals surface area contributed by atoms with Gasteiger partial charge in [-0.3, -0.25) is 4.72 Å². The van der Waals surface area contributed by atoms with Crippen LogP contribution in [0.1, 0.15) is 43.0 Å². The third kappa shape index (κ3) is 6.28. The first-order valence-electron chi connectivity index (χ1n) is 9.84. The van der Waals surface area contributed by atoms with Crippen LogP contribution in [0.2, 0.25) is 0 Å². The van der Waals surface area contributed by atoms with Crippen LogP contribution >= 0.6 is 0 Å². The second-order valence-electron chi connectivity index (χ2n) is 8.36. The van der Waals surface area contributed by atoms with Gasteiger partial charge in [-0.2, -0.15) is 13.2 Å². The Morgan fingerprint density at radius 3 is 2.52 bits per heavy atom. The van der Waals surface area contributed by atoms with Crippen molar-refractivity contribution in [1.82, 2.24) is 10.6 Å². The normalized spacial score (nSPS) is 17.5.